The first-order valence-corrected chi connectivity index (χ1v) is 8.86. The third-order valence-corrected chi connectivity index (χ3v) is 4.70. The van der Waals surface area contributed by atoms with Gasteiger partial charge in [0, 0.05) is 15.9 Å². The van der Waals surface area contributed by atoms with Crippen molar-refractivity contribution in [2.24, 2.45) is 5.92 Å². The fourth-order valence-electron chi connectivity index (χ4n) is 2.80. The highest BCUT2D eigenvalue weighted by Crippen LogP contribution is 2.30. The largest absolute Gasteiger partial charge is 0.505 e. The molecule has 1 amide bonds. The highest BCUT2D eigenvalue weighted by atomic mass is 35.5. The monoisotopic (exact) mass is 386 g/mol. The van der Waals surface area contributed by atoms with E-state index in [2.05, 4.69) is 10.3 Å². The summed E-state index contributed by atoms with van der Waals surface area (Å²) in [5.41, 5.74) is 1.99. The standard InChI is InChI=1S/C20H19ClN2O4/c1-11(20(26)27)5-6-12-3-2-4-16(18(12)24)23-19(25)17-10-13-9-14(21)7-8-15(13)22-17/h2-4,7-11,22,24H,5-6H2,1H3,(H,23,25)(H,26,27)/t11-/m0/s1. The third-order valence-electron chi connectivity index (χ3n) is 4.46. The van der Waals surface area contributed by atoms with Gasteiger partial charge >= 0.3 is 5.97 Å². The predicted octanol–water partition coefficient (Wildman–Crippen LogP) is 4.43. The van der Waals surface area contributed by atoms with Crippen LogP contribution in [0.1, 0.15) is 29.4 Å². The lowest BCUT2D eigenvalue weighted by Gasteiger charge is -2.12. The van der Waals surface area contributed by atoms with Crippen LogP contribution in [-0.2, 0) is 11.2 Å². The number of anilines is 1. The Morgan fingerprint density at radius 2 is 2.00 bits per heavy atom. The van der Waals surface area contributed by atoms with Crippen LogP contribution in [0.3, 0.4) is 0 Å². The summed E-state index contributed by atoms with van der Waals surface area (Å²) in [6.45, 7) is 1.62. The van der Waals surface area contributed by atoms with Gasteiger partial charge in [-0.15, -0.1) is 0 Å². The fraction of sp³-hybridized carbons (Fsp3) is 0.200. The number of rotatable bonds is 6. The van der Waals surface area contributed by atoms with Crippen LogP contribution in [0.25, 0.3) is 10.9 Å². The zero-order valence-electron chi connectivity index (χ0n) is 14.6. The first-order chi connectivity index (χ1) is 12.8. The van der Waals surface area contributed by atoms with E-state index in [9.17, 15) is 14.7 Å². The molecule has 4 N–H and O–H groups in total. The number of aryl methyl sites for hydroxylation is 1. The molecule has 0 fully saturated rings. The molecule has 0 aliphatic carbocycles. The average Bonchev–Trinajstić information content (AvgIpc) is 3.05. The number of hydrogen-bond acceptors (Lipinski definition) is 3. The number of halogens is 1. The number of nitrogens with one attached hydrogen (secondary N) is 2. The van der Waals surface area contributed by atoms with Crippen molar-refractivity contribution in [1.82, 2.24) is 4.98 Å². The molecular weight excluding hydrogens is 368 g/mol. The quantitative estimate of drug-likeness (QED) is 0.470. The molecule has 3 aromatic rings. The van der Waals surface area contributed by atoms with Gasteiger partial charge in [-0.05, 0) is 48.7 Å². The highest BCUT2D eigenvalue weighted by Gasteiger charge is 2.16. The Morgan fingerprint density at radius 1 is 1.22 bits per heavy atom. The summed E-state index contributed by atoms with van der Waals surface area (Å²) in [6.07, 6.45) is 0.789. The van der Waals surface area contributed by atoms with E-state index in [4.69, 9.17) is 16.7 Å². The van der Waals surface area contributed by atoms with Crippen LogP contribution >= 0.6 is 11.6 Å². The number of amides is 1. The molecule has 1 aromatic heterocycles. The van der Waals surface area contributed by atoms with E-state index in [0.717, 1.165) is 10.9 Å². The molecule has 0 aliphatic rings. The van der Waals surface area contributed by atoms with Crippen LogP contribution in [-0.4, -0.2) is 27.1 Å². The predicted molar refractivity (Wildman–Crippen MR) is 104 cm³/mol. The maximum Gasteiger partial charge on any atom is 0.306 e. The molecule has 7 heteroatoms. The molecule has 27 heavy (non-hydrogen) atoms. The molecule has 2 aromatic carbocycles. The first kappa shape index (κ1) is 18.8. The minimum absolute atomic E-state index is 0.0532. The first-order valence-electron chi connectivity index (χ1n) is 8.48. The number of H-pyrrole nitrogens is 1. The van der Waals surface area contributed by atoms with Crippen LogP contribution in [0.4, 0.5) is 5.69 Å². The zero-order valence-corrected chi connectivity index (χ0v) is 15.4. The second-order valence-corrected chi connectivity index (χ2v) is 6.90. The Labute approximate surface area is 160 Å². The molecule has 0 saturated carbocycles. The number of benzene rings is 2. The number of carbonyl (C=O) groups is 2. The van der Waals surface area contributed by atoms with Crippen molar-refractivity contribution in [1.29, 1.82) is 0 Å². The molecule has 3 rings (SSSR count). The molecule has 6 nitrogen and oxygen atoms in total. The van der Waals surface area contributed by atoms with Crippen LogP contribution in [0.5, 0.6) is 5.75 Å². The number of carbonyl (C=O) groups excluding carboxylic acids is 1. The van der Waals surface area contributed by atoms with Gasteiger partial charge in [-0.3, -0.25) is 9.59 Å². The lowest BCUT2D eigenvalue weighted by atomic mass is 10.00. The van der Waals surface area contributed by atoms with Crippen LogP contribution < -0.4 is 5.32 Å². The average molecular weight is 387 g/mol. The summed E-state index contributed by atoms with van der Waals surface area (Å²) in [5, 5.41) is 23.5. The normalized spacial score (nSPS) is 12.1. The summed E-state index contributed by atoms with van der Waals surface area (Å²) in [4.78, 5) is 26.5. The minimum Gasteiger partial charge on any atom is -0.505 e. The Kier molecular flexibility index (Phi) is 5.37. The second-order valence-electron chi connectivity index (χ2n) is 6.46. The van der Waals surface area contributed by atoms with E-state index in [1.165, 1.54) is 0 Å². The molecule has 0 unspecified atom stereocenters. The Balaban J connectivity index is 1.77. The van der Waals surface area contributed by atoms with E-state index in [1.807, 2.05) is 0 Å². The molecular formula is C20H19ClN2O4. The van der Waals surface area contributed by atoms with Gasteiger partial charge in [0.15, 0.2) is 0 Å². The van der Waals surface area contributed by atoms with Gasteiger partial charge in [0.1, 0.15) is 11.4 Å². The van der Waals surface area contributed by atoms with Crippen molar-refractivity contribution in [2.75, 3.05) is 5.32 Å². The molecule has 1 heterocycles. The molecule has 1 atom stereocenters. The zero-order chi connectivity index (χ0) is 19.6. The number of aliphatic carboxylic acids is 1. The number of phenolic OH excluding ortho intramolecular Hbond substituents is 1. The van der Waals surface area contributed by atoms with E-state index in [0.29, 0.717) is 29.1 Å². The number of fused-ring (bicyclic) bond motifs is 1. The van der Waals surface area contributed by atoms with Crippen LogP contribution in [0, 0.1) is 5.92 Å². The summed E-state index contributed by atoms with van der Waals surface area (Å²) >= 11 is 5.96. The maximum absolute atomic E-state index is 12.5. The SMILES string of the molecule is C[C@@H](CCc1cccc(NC(=O)c2cc3cc(Cl)ccc3[nH]2)c1O)C(=O)O. The number of carboxylic acids is 1. The van der Waals surface area contributed by atoms with Gasteiger partial charge in [-0.25, -0.2) is 0 Å². The van der Waals surface area contributed by atoms with Gasteiger partial charge in [-0.1, -0.05) is 30.7 Å². The maximum atomic E-state index is 12.5. The molecule has 0 spiro atoms. The second kappa shape index (κ2) is 7.72. The van der Waals surface area contributed by atoms with Crippen LogP contribution in [0.15, 0.2) is 42.5 Å². The molecule has 0 bridgehead atoms. The van der Waals surface area contributed by atoms with E-state index >= 15 is 0 Å². The summed E-state index contributed by atoms with van der Waals surface area (Å²) in [5.74, 6) is -1.84. The Morgan fingerprint density at radius 3 is 2.74 bits per heavy atom. The topological polar surface area (TPSA) is 102 Å². The lowest BCUT2D eigenvalue weighted by molar-refractivity contribution is -0.141. The van der Waals surface area contributed by atoms with E-state index < -0.39 is 17.8 Å². The minimum atomic E-state index is -0.877. The van der Waals surface area contributed by atoms with Gasteiger partial charge < -0.3 is 20.5 Å². The number of aromatic hydroxyl groups is 1. The summed E-state index contributed by atoms with van der Waals surface area (Å²) in [7, 11) is 0. The smallest absolute Gasteiger partial charge is 0.306 e. The van der Waals surface area contributed by atoms with Gasteiger partial charge in [0.05, 0.1) is 11.6 Å². The lowest BCUT2D eigenvalue weighted by Crippen LogP contribution is -2.13. The Bertz CT molecular complexity index is 1010. The fourth-order valence-corrected chi connectivity index (χ4v) is 2.99. The molecule has 0 saturated heterocycles. The Hall–Kier alpha value is -2.99. The summed E-state index contributed by atoms with van der Waals surface area (Å²) in [6, 6.07) is 12.0. The molecule has 0 aliphatic heterocycles. The van der Waals surface area contributed by atoms with Crippen molar-refractivity contribution >= 4 is 40.1 Å². The number of aromatic nitrogens is 1. The van der Waals surface area contributed by atoms with Gasteiger partial charge in [0.25, 0.3) is 5.91 Å². The van der Waals surface area contributed by atoms with Crippen molar-refractivity contribution in [3.8, 4) is 5.75 Å². The van der Waals surface area contributed by atoms with Gasteiger partial charge in [0.2, 0.25) is 0 Å². The van der Waals surface area contributed by atoms with E-state index in [1.54, 1.807) is 49.4 Å². The van der Waals surface area contributed by atoms with E-state index in [-0.39, 0.29) is 11.4 Å². The van der Waals surface area contributed by atoms with Crippen molar-refractivity contribution < 1.29 is 19.8 Å². The number of para-hydroxylation sites is 1. The van der Waals surface area contributed by atoms with Crippen molar-refractivity contribution in [3.63, 3.8) is 0 Å². The number of carboxylic acid groups (broad SMARTS) is 1. The number of hydrogen-bond donors (Lipinski definition) is 4. The molecule has 0 radical (unpaired) electrons. The van der Waals surface area contributed by atoms with Crippen molar-refractivity contribution in [2.45, 2.75) is 19.8 Å². The molecule has 140 valence electrons. The highest BCUT2D eigenvalue weighted by molar-refractivity contribution is 6.31. The van der Waals surface area contributed by atoms with Crippen molar-refractivity contribution in [3.05, 3.63) is 58.7 Å². The number of aromatic amines is 1. The third kappa shape index (κ3) is 4.23. The van der Waals surface area contributed by atoms with Crippen LogP contribution in [0.2, 0.25) is 5.02 Å². The van der Waals surface area contributed by atoms with Gasteiger partial charge in [-0.2, -0.15) is 0 Å². The summed E-state index contributed by atoms with van der Waals surface area (Å²) < 4.78 is 0. The number of phenols is 1.